The van der Waals surface area contributed by atoms with Gasteiger partial charge in [-0.3, -0.25) is 4.79 Å². The first kappa shape index (κ1) is 15.9. The zero-order valence-corrected chi connectivity index (χ0v) is 11.5. The first-order chi connectivity index (χ1) is 10.4. The molecule has 0 atom stereocenters. The van der Waals surface area contributed by atoms with Crippen LogP contribution >= 0.6 is 0 Å². The highest BCUT2D eigenvalue weighted by atomic mass is 19.4. The number of phenols is 1. The van der Waals surface area contributed by atoms with Crippen LogP contribution in [0.1, 0.15) is 21.5 Å². The van der Waals surface area contributed by atoms with Crippen LogP contribution in [0.3, 0.4) is 0 Å². The highest BCUT2D eigenvalue weighted by molar-refractivity contribution is 5.95. The molecule has 1 amide bonds. The predicted octanol–water partition coefficient (Wildman–Crippen LogP) is 3.38. The van der Waals surface area contributed by atoms with Gasteiger partial charge in [-0.1, -0.05) is 24.3 Å². The average molecular weight is 309 g/mol. The number of benzene rings is 2. The van der Waals surface area contributed by atoms with E-state index < -0.39 is 17.6 Å². The average Bonchev–Trinajstić information content (AvgIpc) is 2.48. The molecule has 116 valence electrons. The Morgan fingerprint density at radius 2 is 1.68 bits per heavy atom. The Morgan fingerprint density at radius 1 is 1.05 bits per heavy atom. The molecule has 0 aromatic heterocycles. The van der Waals surface area contributed by atoms with Crippen molar-refractivity contribution in [3.8, 4) is 5.75 Å². The van der Waals surface area contributed by atoms with Crippen molar-refractivity contribution in [2.75, 3.05) is 6.54 Å². The number of alkyl halides is 3. The van der Waals surface area contributed by atoms with Gasteiger partial charge in [0.1, 0.15) is 5.75 Å². The van der Waals surface area contributed by atoms with E-state index in [0.717, 1.165) is 17.7 Å². The smallest absolute Gasteiger partial charge is 0.417 e. The summed E-state index contributed by atoms with van der Waals surface area (Å²) in [4.78, 5) is 11.9. The van der Waals surface area contributed by atoms with Crippen LogP contribution < -0.4 is 5.32 Å². The number of hydrogen-bond acceptors (Lipinski definition) is 2. The minimum absolute atomic E-state index is 0.131. The molecular formula is C16H14F3NO2. The van der Waals surface area contributed by atoms with E-state index in [0.29, 0.717) is 6.42 Å². The predicted molar refractivity (Wildman–Crippen MR) is 75.6 cm³/mol. The van der Waals surface area contributed by atoms with E-state index in [1.807, 2.05) is 0 Å². The van der Waals surface area contributed by atoms with Crippen LogP contribution in [0, 0.1) is 0 Å². The van der Waals surface area contributed by atoms with E-state index in [2.05, 4.69) is 5.32 Å². The molecule has 0 aliphatic rings. The lowest BCUT2D eigenvalue weighted by molar-refractivity contribution is -0.137. The SMILES string of the molecule is O=C(NCCc1ccc(O)cc1)c1ccccc1C(F)(F)F. The van der Waals surface area contributed by atoms with E-state index in [1.165, 1.54) is 24.3 Å². The van der Waals surface area contributed by atoms with E-state index in [-0.39, 0.29) is 17.9 Å². The zero-order valence-electron chi connectivity index (χ0n) is 11.5. The van der Waals surface area contributed by atoms with Crippen LogP contribution in [0.2, 0.25) is 0 Å². The number of carbonyl (C=O) groups excluding carboxylic acids is 1. The Bertz CT molecular complexity index is 651. The number of phenolic OH excluding ortho intramolecular Hbond substituents is 1. The summed E-state index contributed by atoms with van der Waals surface area (Å²) in [6.45, 7) is 0.204. The van der Waals surface area contributed by atoms with Gasteiger partial charge < -0.3 is 10.4 Å². The molecular weight excluding hydrogens is 295 g/mol. The van der Waals surface area contributed by atoms with Crippen molar-refractivity contribution >= 4 is 5.91 Å². The Morgan fingerprint density at radius 3 is 2.32 bits per heavy atom. The second-order valence-electron chi connectivity index (χ2n) is 4.72. The minimum atomic E-state index is -4.56. The van der Waals surface area contributed by atoms with Gasteiger partial charge in [0.15, 0.2) is 0 Å². The quantitative estimate of drug-likeness (QED) is 0.909. The molecule has 0 radical (unpaired) electrons. The first-order valence-corrected chi connectivity index (χ1v) is 6.60. The van der Waals surface area contributed by atoms with Crippen LogP contribution in [0.5, 0.6) is 5.75 Å². The molecule has 0 aliphatic carbocycles. The molecule has 0 unspecified atom stereocenters. The van der Waals surface area contributed by atoms with Gasteiger partial charge in [-0.25, -0.2) is 0 Å². The fraction of sp³-hybridized carbons (Fsp3) is 0.188. The maximum absolute atomic E-state index is 12.8. The van der Waals surface area contributed by atoms with E-state index in [9.17, 15) is 18.0 Å². The van der Waals surface area contributed by atoms with Crippen molar-refractivity contribution in [1.29, 1.82) is 0 Å². The van der Waals surface area contributed by atoms with Gasteiger partial charge in [0, 0.05) is 6.54 Å². The molecule has 2 N–H and O–H groups in total. The summed E-state index contributed by atoms with van der Waals surface area (Å²) >= 11 is 0. The molecule has 2 aromatic carbocycles. The Balaban J connectivity index is 2.00. The summed E-state index contributed by atoms with van der Waals surface area (Å²) in [5.74, 6) is -0.626. The number of hydrogen-bond donors (Lipinski definition) is 2. The van der Waals surface area contributed by atoms with Gasteiger partial charge in [0.2, 0.25) is 0 Å². The lowest BCUT2D eigenvalue weighted by Gasteiger charge is -2.12. The normalized spacial score (nSPS) is 11.2. The number of nitrogens with one attached hydrogen (secondary N) is 1. The second kappa shape index (κ2) is 6.51. The van der Waals surface area contributed by atoms with Crippen LogP contribution in [-0.2, 0) is 12.6 Å². The molecule has 6 heteroatoms. The summed E-state index contributed by atoms with van der Waals surface area (Å²) in [5, 5.41) is 11.6. The third kappa shape index (κ3) is 4.00. The fourth-order valence-corrected chi connectivity index (χ4v) is 2.01. The van der Waals surface area contributed by atoms with Crippen LogP contribution in [0.25, 0.3) is 0 Å². The molecule has 0 saturated carbocycles. The maximum atomic E-state index is 12.8. The maximum Gasteiger partial charge on any atom is 0.417 e. The highest BCUT2D eigenvalue weighted by Gasteiger charge is 2.34. The van der Waals surface area contributed by atoms with Crippen molar-refractivity contribution in [3.05, 3.63) is 65.2 Å². The molecule has 0 spiro atoms. The molecule has 3 nitrogen and oxygen atoms in total. The third-order valence-electron chi connectivity index (χ3n) is 3.11. The topological polar surface area (TPSA) is 49.3 Å². The van der Waals surface area contributed by atoms with Crippen molar-refractivity contribution in [1.82, 2.24) is 5.32 Å². The summed E-state index contributed by atoms with van der Waals surface area (Å²) in [6.07, 6.45) is -4.11. The number of aromatic hydroxyl groups is 1. The van der Waals surface area contributed by atoms with Gasteiger partial charge in [0.05, 0.1) is 11.1 Å². The molecule has 0 heterocycles. The molecule has 2 rings (SSSR count). The minimum Gasteiger partial charge on any atom is -0.508 e. The number of amides is 1. The lowest BCUT2D eigenvalue weighted by atomic mass is 10.1. The second-order valence-corrected chi connectivity index (χ2v) is 4.72. The summed E-state index contributed by atoms with van der Waals surface area (Å²) in [7, 11) is 0. The summed E-state index contributed by atoms with van der Waals surface area (Å²) < 4.78 is 38.5. The molecule has 22 heavy (non-hydrogen) atoms. The standard InChI is InChI=1S/C16H14F3NO2/c17-16(18,19)14-4-2-1-3-13(14)15(22)20-10-9-11-5-7-12(21)8-6-11/h1-8,21H,9-10H2,(H,20,22). The summed E-state index contributed by atoms with van der Waals surface area (Å²) in [6, 6.07) is 11.1. The molecule has 0 bridgehead atoms. The van der Waals surface area contributed by atoms with E-state index in [4.69, 9.17) is 5.11 Å². The van der Waals surface area contributed by atoms with Crippen LogP contribution in [0.4, 0.5) is 13.2 Å². The fourth-order valence-electron chi connectivity index (χ4n) is 2.01. The zero-order chi connectivity index (χ0) is 16.2. The third-order valence-corrected chi connectivity index (χ3v) is 3.11. The van der Waals surface area contributed by atoms with Crippen molar-refractivity contribution in [2.24, 2.45) is 0 Å². The molecule has 0 saturated heterocycles. The molecule has 2 aromatic rings. The molecule has 0 aliphatic heterocycles. The van der Waals surface area contributed by atoms with Crippen molar-refractivity contribution in [3.63, 3.8) is 0 Å². The first-order valence-electron chi connectivity index (χ1n) is 6.60. The summed E-state index contributed by atoms with van der Waals surface area (Å²) in [5.41, 5.74) is -0.472. The van der Waals surface area contributed by atoms with Gasteiger partial charge in [-0.2, -0.15) is 13.2 Å². The number of halogens is 3. The molecule has 0 fully saturated rings. The van der Waals surface area contributed by atoms with Crippen molar-refractivity contribution < 1.29 is 23.1 Å². The van der Waals surface area contributed by atoms with Crippen LogP contribution in [-0.4, -0.2) is 17.6 Å². The Labute approximate surface area is 125 Å². The van der Waals surface area contributed by atoms with Crippen LogP contribution in [0.15, 0.2) is 48.5 Å². The number of carbonyl (C=O) groups is 1. The largest absolute Gasteiger partial charge is 0.508 e. The van der Waals surface area contributed by atoms with Gasteiger partial charge >= 0.3 is 6.18 Å². The van der Waals surface area contributed by atoms with Crippen molar-refractivity contribution in [2.45, 2.75) is 12.6 Å². The Kier molecular flexibility index (Phi) is 4.70. The van der Waals surface area contributed by atoms with Gasteiger partial charge in [0.25, 0.3) is 5.91 Å². The van der Waals surface area contributed by atoms with E-state index >= 15 is 0 Å². The van der Waals surface area contributed by atoms with E-state index in [1.54, 1.807) is 12.1 Å². The van der Waals surface area contributed by atoms with Gasteiger partial charge in [-0.15, -0.1) is 0 Å². The Hall–Kier alpha value is -2.50. The number of rotatable bonds is 4. The highest BCUT2D eigenvalue weighted by Crippen LogP contribution is 2.31. The van der Waals surface area contributed by atoms with Gasteiger partial charge in [-0.05, 0) is 36.2 Å². The monoisotopic (exact) mass is 309 g/mol. The lowest BCUT2D eigenvalue weighted by Crippen LogP contribution is -2.28.